The molecule has 0 unspecified atom stereocenters. The first kappa shape index (κ1) is 12.1. The van der Waals surface area contributed by atoms with Crippen molar-refractivity contribution >= 4 is 17.5 Å². The van der Waals surface area contributed by atoms with Gasteiger partial charge in [-0.3, -0.25) is 9.59 Å². The number of hydrogen-bond donors (Lipinski definition) is 2. The molecule has 18 heavy (non-hydrogen) atoms. The summed E-state index contributed by atoms with van der Waals surface area (Å²) in [6.45, 7) is -0.143. The van der Waals surface area contributed by atoms with Gasteiger partial charge in [-0.25, -0.2) is 5.43 Å². The minimum Gasteiger partial charge on any atom is -0.484 e. The molecule has 1 aliphatic rings. The maximum absolute atomic E-state index is 11.0. The summed E-state index contributed by atoms with van der Waals surface area (Å²) in [6, 6.07) is 7.12. The van der Waals surface area contributed by atoms with E-state index < -0.39 is 5.91 Å². The number of carbonyl (C=O) groups excluding carboxylic acids is 2. The minimum atomic E-state index is -0.515. The fourth-order valence-corrected chi connectivity index (χ4v) is 1.58. The van der Waals surface area contributed by atoms with Crippen LogP contribution in [0, 0.1) is 0 Å². The summed E-state index contributed by atoms with van der Waals surface area (Å²) < 4.78 is 5.14. The zero-order chi connectivity index (χ0) is 13.0. The summed E-state index contributed by atoms with van der Waals surface area (Å²) in [7, 11) is 0. The number of ether oxygens (including phenoxy) is 1. The van der Waals surface area contributed by atoms with E-state index in [1.807, 2.05) is 12.1 Å². The van der Waals surface area contributed by atoms with Crippen LogP contribution in [-0.2, 0) is 9.59 Å². The van der Waals surface area contributed by atoms with Gasteiger partial charge in [-0.05, 0) is 29.8 Å². The molecule has 1 aromatic carbocycles. The van der Waals surface area contributed by atoms with Crippen molar-refractivity contribution in [2.24, 2.45) is 10.8 Å². The number of nitrogens with zero attached hydrogens (tertiary/aromatic N) is 1. The summed E-state index contributed by atoms with van der Waals surface area (Å²) >= 11 is 0. The third-order valence-corrected chi connectivity index (χ3v) is 2.47. The summed E-state index contributed by atoms with van der Waals surface area (Å²) in [5.74, 6) is -0.0170. The van der Waals surface area contributed by atoms with Gasteiger partial charge in [-0.1, -0.05) is 0 Å². The molecular weight excluding hydrogens is 234 g/mol. The number of amides is 2. The van der Waals surface area contributed by atoms with E-state index in [1.165, 1.54) is 0 Å². The van der Waals surface area contributed by atoms with Crippen molar-refractivity contribution < 1.29 is 14.3 Å². The Morgan fingerprint density at radius 1 is 1.33 bits per heavy atom. The minimum absolute atomic E-state index is 0.0693. The Hall–Kier alpha value is -2.37. The van der Waals surface area contributed by atoms with Crippen LogP contribution in [-0.4, -0.2) is 24.1 Å². The summed E-state index contributed by atoms with van der Waals surface area (Å²) in [5, 5.41) is 3.99. The van der Waals surface area contributed by atoms with E-state index in [1.54, 1.807) is 12.1 Å². The normalized spacial score (nSPS) is 14.7. The lowest BCUT2D eigenvalue weighted by Crippen LogP contribution is -2.25. The monoisotopic (exact) mass is 247 g/mol. The van der Waals surface area contributed by atoms with Gasteiger partial charge in [0.15, 0.2) is 6.61 Å². The number of hydrazone groups is 1. The van der Waals surface area contributed by atoms with Crippen LogP contribution in [0.5, 0.6) is 5.75 Å². The number of nitrogens with two attached hydrogens (primary N) is 1. The maximum Gasteiger partial charge on any atom is 0.255 e. The molecule has 0 atom stereocenters. The van der Waals surface area contributed by atoms with Crippen LogP contribution in [0.3, 0.4) is 0 Å². The Morgan fingerprint density at radius 3 is 2.61 bits per heavy atom. The molecule has 0 aliphatic carbocycles. The van der Waals surface area contributed by atoms with Gasteiger partial charge in [-0.15, -0.1) is 0 Å². The van der Waals surface area contributed by atoms with Gasteiger partial charge >= 0.3 is 0 Å². The summed E-state index contributed by atoms with van der Waals surface area (Å²) in [5.41, 5.74) is 9.17. The van der Waals surface area contributed by atoms with Crippen LogP contribution in [0.1, 0.15) is 18.4 Å². The largest absolute Gasteiger partial charge is 0.484 e. The van der Waals surface area contributed by atoms with Crippen molar-refractivity contribution in [1.29, 1.82) is 0 Å². The van der Waals surface area contributed by atoms with Gasteiger partial charge < -0.3 is 10.5 Å². The van der Waals surface area contributed by atoms with Crippen molar-refractivity contribution in [3.05, 3.63) is 29.8 Å². The average Bonchev–Trinajstić information content (AvgIpc) is 2.38. The molecule has 0 radical (unpaired) electrons. The second-order valence-corrected chi connectivity index (χ2v) is 3.87. The van der Waals surface area contributed by atoms with Gasteiger partial charge in [-0.2, -0.15) is 5.10 Å². The molecule has 1 heterocycles. The number of nitrogens with one attached hydrogen (secondary N) is 1. The Balaban J connectivity index is 2.03. The highest BCUT2D eigenvalue weighted by Gasteiger charge is 2.12. The van der Waals surface area contributed by atoms with Crippen molar-refractivity contribution in [3.63, 3.8) is 0 Å². The van der Waals surface area contributed by atoms with Crippen LogP contribution in [0.15, 0.2) is 29.4 Å². The number of rotatable bonds is 4. The van der Waals surface area contributed by atoms with Gasteiger partial charge in [0.1, 0.15) is 5.75 Å². The zero-order valence-corrected chi connectivity index (χ0v) is 9.68. The molecule has 0 saturated heterocycles. The molecule has 0 aromatic heterocycles. The van der Waals surface area contributed by atoms with Crippen LogP contribution in [0.4, 0.5) is 0 Å². The molecule has 2 amide bonds. The van der Waals surface area contributed by atoms with Crippen molar-refractivity contribution in [2.75, 3.05) is 6.61 Å². The fourth-order valence-electron chi connectivity index (χ4n) is 1.58. The highest BCUT2D eigenvalue weighted by molar-refractivity contribution is 6.04. The van der Waals surface area contributed by atoms with Crippen molar-refractivity contribution in [2.45, 2.75) is 12.8 Å². The van der Waals surface area contributed by atoms with Crippen LogP contribution in [0.2, 0.25) is 0 Å². The second-order valence-electron chi connectivity index (χ2n) is 3.87. The standard InChI is InChI=1S/C12H13N3O3/c13-11(16)7-18-9-3-1-8(2-4-9)10-5-6-12(17)15-14-10/h1-4H,5-7H2,(H2,13,16)(H,15,17). The second kappa shape index (κ2) is 5.31. The maximum atomic E-state index is 11.0. The molecule has 2 rings (SSSR count). The van der Waals surface area contributed by atoms with Crippen LogP contribution in [0.25, 0.3) is 0 Å². The molecule has 1 aromatic rings. The average molecular weight is 247 g/mol. The molecule has 0 spiro atoms. The van der Waals surface area contributed by atoms with E-state index in [0.717, 1.165) is 11.3 Å². The first-order chi connectivity index (χ1) is 8.65. The Kier molecular flexibility index (Phi) is 3.57. The van der Waals surface area contributed by atoms with Crippen LogP contribution < -0.4 is 15.9 Å². The fraction of sp³-hybridized carbons (Fsp3) is 0.250. The molecule has 1 aliphatic heterocycles. The predicted octanol–water partition coefficient (Wildman–Crippen LogP) is 0.165. The molecule has 6 heteroatoms. The van der Waals surface area contributed by atoms with Gasteiger partial charge in [0, 0.05) is 12.8 Å². The third-order valence-electron chi connectivity index (χ3n) is 2.47. The zero-order valence-electron chi connectivity index (χ0n) is 9.68. The third kappa shape index (κ3) is 3.07. The highest BCUT2D eigenvalue weighted by atomic mass is 16.5. The van der Waals surface area contributed by atoms with Crippen LogP contribution >= 0.6 is 0 Å². The highest BCUT2D eigenvalue weighted by Crippen LogP contribution is 2.15. The Morgan fingerprint density at radius 2 is 2.06 bits per heavy atom. The van der Waals surface area contributed by atoms with E-state index >= 15 is 0 Å². The predicted molar refractivity (Wildman–Crippen MR) is 65.0 cm³/mol. The van der Waals surface area contributed by atoms with Gasteiger partial charge in [0.05, 0.1) is 5.71 Å². The summed E-state index contributed by atoms with van der Waals surface area (Å²) in [4.78, 5) is 21.5. The SMILES string of the molecule is NC(=O)COc1ccc(C2=NNC(=O)CC2)cc1. The first-order valence-electron chi connectivity index (χ1n) is 5.52. The quantitative estimate of drug-likeness (QED) is 0.793. The molecule has 94 valence electrons. The van der Waals surface area contributed by atoms with Gasteiger partial charge in [0.25, 0.3) is 5.91 Å². The number of hydrogen-bond acceptors (Lipinski definition) is 4. The smallest absolute Gasteiger partial charge is 0.255 e. The summed E-state index contributed by atoms with van der Waals surface area (Å²) in [6.07, 6.45) is 1.06. The molecule has 0 fully saturated rings. The number of carbonyl (C=O) groups is 2. The van der Waals surface area contributed by atoms with E-state index in [4.69, 9.17) is 10.5 Å². The number of primary amides is 1. The lowest BCUT2D eigenvalue weighted by molar-refractivity contribution is -0.121. The van der Waals surface area contributed by atoms with E-state index in [9.17, 15) is 9.59 Å². The van der Waals surface area contributed by atoms with E-state index in [0.29, 0.717) is 18.6 Å². The lowest BCUT2D eigenvalue weighted by Gasteiger charge is -2.12. The van der Waals surface area contributed by atoms with E-state index in [-0.39, 0.29) is 12.5 Å². The Bertz CT molecular complexity index is 494. The number of benzene rings is 1. The molecule has 0 saturated carbocycles. The topological polar surface area (TPSA) is 93.8 Å². The van der Waals surface area contributed by atoms with Crippen molar-refractivity contribution in [3.8, 4) is 5.75 Å². The molecular formula is C12H13N3O3. The Labute approximate surface area is 104 Å². The van der Waals surface area contributed by atoms with E-state index in [2.05, 4.69) is 10.5 Å². The molecule has 0 bridgehead atoms. The molecule has 3 N–H and O–H groups in total. The lowest BCUT2D eigenvalue weighted by atomic mass is 10.0. The van der Waals surface area contributed by atoms with Crippen molar-refractivity contribution in [1.82, 2.24) is 5.43 Å². The van der Waals surface area contributed by atoms with Gasteiger partial charge in [0.2, 0.25) is 5.91 Å². The first-order valence-corrected chi connectivity index (χ1v) is 5.52. The molecule has 6 nitrogen and oxygen atoms in total.